The van der Waals surface area contributed by atoms with Gasteiger partial charge in [0.2, 0.25) is 0 Å². The van der Waals surface area contributed by atoms with Gasteiger partial charge in [-0.05, 0) is 60.2 Å². The van der Waals surface area contributed by atoms with Gasteiger partial charge in [-0.25, -0.2) is 0 Å². The van der Waals surface area contributed by atoms with Gasteiger partial charge in [-0.3, -0.25) is 0 Å². The molecule has 2 aromatic carbocycles. The van der Waals surface area contributed by atoms with E-state index in [0.29, 0.717) is 6.04 Å². The second-order valence-corrected chi connectivity index (χ2v) is 6.34. The van der Waals surface area contributed by atoms with E-state index in [9.17, 15) is 0 Å². The third-order valence-corrected chi connectivity index (χ3v) is 4.60. The van der Waals surface area contributed by atoms with Crippen molar-refractivity contribution in [1.29, 1.82) is 0 Å². The van der Waals surface area contributed by atoms with Crippen LogP contribution in [-0.2, 0) is 12.8 Å². The predicted molar refractivity (Wildman–Crippen MR) is 88.1 cm³/mol. The molecule has 1 nitrogen and oxygen atoms in total. The van der Waals surface area contributed by atoms with Crippen molar-refractivity contribution in [3.63, 3.8) is 0 Å². The van der Waals surface area contributed by atoms with Gasteiger partial charge in [0.05, 0.1) is 6.04 Å². The summed E-state index contributed by atoms with van der Waals surface area (Å²) in [4.78, 5) is 0. The van der Waals surface area contributed by atoms with E-state index in [1.807, 2.05) is 0 Å². The maximum absolute atomic E-state index is 3.61. The molecule has 0 radical (unpaired) electrons. The average Bonchev–Trinajstić information content (AvgIpc) is 2.93. The van der Waals surface area contributed by atoms with E-state index in [-0.39, 0.29) is 0 Å². The molecule has 1 atom stereocenters. The quantitative estimate of drug-likeness (QED) is 0.861. The Labute approximate surface area is 129 Å². The number of fused-ring (bicyclic) bond motifs is 1. The van der Waals surface area contributed by atoms with Crippen LogP contribution in [0.3, 0.4) is 0 Å². The van der Waals surface area contributed by atoms with Gasteiger partial charge in [0.1, 0.15) is 0 Å². The van der Waals surface area contributed by atoms with Gasteiger partial charge >= 0.3 is 0 Å². The molecule has 2 heteroatoms. The SMILES string of the molecule is CCNC(c1ccc(Br)cc1)c1ccc2c(c1)CCC2. The fourth-order valence-corrected chi connectivity index (χ4v) is 3.32. The first-order valence-electron chi connectivity index (χ1n) is 7.38. The summed E-state index contributed by atoms with van der Waals surface area (Å²) >= 11 is 3.51. The zero-order chi connectivity index (χ0) is 13.9. The fourth-order valence-electron chi connectivity index (χ4n) is 3.06. The van der Waals surface area contributed by atoms with E-state index >= 15 is 0 Å². The van der Waals surface area contributed by atoms with Crippen molar-refractivity contribution in [2.24, 2.45) is 0 Å². The Morgan fingerprint density at radius 3 is 2.45 bits per heavy atom. The molecule has 1 aliphatic carbocycles. The molecular weight excluding hydrogens is 310 g/mol. The summed E-state index contributed by atoms with van der Waals surface area (Å²) < 4.78 is 1.13. The van der Waals surface area contributed by atoms with Crippen molar-refractivity contribution >= 4 is 15.9 Å². The predicted octanol–water partition coefficient (Wildman–Crippen LogP) is 4.64. The molecule has 0 aromatic heterocycles. The zero-order valence-electron chi connectivity index (χ0n) is 11.8. The Morgan fingerprint density at radius 2 is 1.70 bits per heavy atom. The van der Waals surface area contributed by atoms with Gasteiger partial charge in [0.15, 0.2) is 0 Å². The van der Waals surface area contributed by atoms with Crippen LogP contribution in [0.4, 0.5) is 0 Å². The minimum atomic E-state index is 0.291. The van der Waals surface area contributed by atoms with Gasteiger partial charge in [-0.1, -0.05) is 53.2 Å². The van der Waals surface area contributed by atoms with Crippen molar-refractivity contribution in [2.45, 2.75) is 32.2 Å². The van der Waals surface area contributed by atoms with Gasteiger partial charge < -0.3 is 5.32 Å². The standard InChI is InChI=1S/C18H20BrN/c1-2-20-18(14-8-10-17(19)11-9-14)16-7-6-13-4-3-5-15(13)12-16/h6-12,18,20H,2-5H2,1H3. The van der Waals surface area contributed by atoms with E-state index in [1.54, 1.807) is 11.1 Å². The molecular formula is C18H20BrN. The Kier molecular flexibility index (Phi) is 4.23. The summed E-state index contributed by atoms with van der Waals surface area (Å²) in [5.74, 6) is 0. The number of benzene rings is 2. The largest absolute Gasteiger partial charge is 0.307 e. The highest BCUT2D eigenvalue weighted by Crippen LogP contribution is 2.29. The highest BCUT2D eigenvalue weighted by Gasteiger charge is 2.16. The number of aryl methyl sites for hydroxylation is 2. The zero-order valence-corrected chi connectivity index (χ0v) is 13.4. The third-order valence-electron chi connectivity index (χ3n) is 4.07. The Balaban J connectivity index is 1.95. The lowest BCUT2D eigenvalue weighted by Gasteiger charge is -2.20. The molecule has 0 saturated heterocycles. The van der Waals surface area contributed by atoms with Crippen molar-refractivity contribution in [1.82, 2.24) is 5.32 Å². The molecule has 0 bridgehead atoms. The minimum absolute atomic E-state index is 0.291. The summed E-state index contributed by atoms with van der Waals surface area (Å²) in [5.41, 5.74) is 5.80. The van der Waals surface area contributed by atoms with Gasteiger partial charge in [-0.2, -0.15) is 0 Å². The molecule has 0 spiro atoms. The summed E-state index contributed by atoms with van der Waals surface area (Å²) in [6.07, 6.45) is 3.80. The highest BCUT2D eigenvalue weighted by molar-refractivity contribution is 9.10. The number of hydrogen-bond donors (Lipinski definition) is 1. The van der Waals surface area contributed by atoms with Crippen LogP contribution in [0.25, 0.3) is 0 Å². The van der Waals surface area contributed by atoms with Crippen LogP contribution in [0, 0.1) is 0 Å². The van der Waals surface area contributed by atoms with E-state index in [1.165, 1.54) is 30.4 Å². The van der Waals surface area contributed by atoms with E-state index in [2.05, 4.69) is 70.6 Å². The van der Waals surface area contributed by atoms with Crippen LogP contribution in [-0.4, -0.2) is 6.54 Å². The van der Waals surface area contributed by atoms with Crippen LogP contribution >= 0.6 is 15.9 Å². The van der Waals surface area contributed by atoms with Crippen LogP contribution in [0.2, 0.25) is 0 Å². The van der Waals surface area contributed by atoms with Crippen molar-refractivity contribution in [3.8, 4) is 0 Å². The van der Waals surface area contributed by atoms with E-state index in [0.717, 1.165) is 11.0 Å². The van der Waals surface area contributed by atoms with E-state index in [4.69, 9.17) is 0 Å². The van der Waals surface area contributed by atoms with Crippen LogP contribution in [0.5, 0.6) is 0 Å². The van der Waals surface area contributed by atoms with Crippen LogP contribution in [0.1, 0.15) is 41.6 Å². The lowest BCUT2D eigenvalue weighted by molar-refractivity contribution is 0.630. The van der Waals surface area contributed by atoms with Crippen LogP contribution in [0.15, 0.2) is 46.9 Å². The molecule has 0 heterocycles. The monoisotopic (exact) mass is 329 g/mol. The number of halogens is 1. The lowest BCUT2D eigenvalue weighted by Crippen LogP contribution is -2.22. The molecule has 0 saturated carbocycles. The molecule has 0 aliphatic heterocycles. The lowest BCUT2D eigenvalue weighted by atomic mass is 9.95. The summed E-state index contributed by atoms with van der Waals surface area (Å²) in [6, 6.07) is 15.9. The molecule has 3 rings (SSSR count). The van der Waals surface area contributed by atoms with Crippen molar-refractivity contribution in [3.05, 3.63) is 69.2 Å². The molecule has 1 aliphatic rings. The van der Waals surface area contributed by atoms with Gasteiger partial charge in [-0.15, -0.1) is 0 Å². The maximum Gasteiger partial charge on any atom is 0.0576 e. The molecule has 0 fully saturated rings. The van der Waals surface area contributed by atoms with E-state index < -0.39 is 0 Å². The van der Waals surface area contributed by atoms with Crippen molar-refractivity contribution in [2.75, 3.05) is 6.54 Å². The smallest absolute Gasteiger partial charge is 0.0576 e. The molecule has 1 N–H and O–H groups in total. The normalized spacial score (nSPS) is 15.1. The fraction of sp³-hybridized carbons (Fsp3) is 0.333. The Morgan fingerprint density at radius 1 is 1.00 bits per heavy atom. The number of hydrogen-bond acceptors (Lipinski definition) is 1. The number of rotatable bonds is 4. The first-order chi connectivity index (χ1) is 9.78. The van der Waals surface area contributed by atoms with Crippen LogP contribution < -0.4 is 5.32 Å². The Bertz CT molecular complexity index is 589. The summed E-state index contributed by atoms with van der Waals surface area (Å²) in [7, 11) is 0. The average molecular weight is 330 g/mol. The molecule has 2 aromatic rings. The number of nitrogens with one attached hydrogen (secondary N) is 1. The molecule has 0 amide bonds. The molecule has 1 unspecified atom stereocenters. The van der Waals surface area contributed by atoms with Crippen molar-refractivity contribution < 1.29 is 0 Å². The topological polar surface area (TPSA) is 12.0 Å². The second-order valence-electron chi connectivity index (χ2n) is 5.42. The minimum Gasteiger partial charge on any atom is -0.307 e. The second kappa shape index (κ2) is 6.11. The molecule has 20 heavy (non-hydrogen) atoms. The first kappa shape index (κ1) is 13.8. The summed E-state index contributed by atoms with van der Waals surface area (Å²) in [6.45, 7) is 3.14. The Hall–Kier alpha value is -1.12. The summed E-state index contributed by atoms with van der Waals surface area (Å²) in [5, 5.41) is 3.61. The van der Waals surface area contributed by atoms with Gasteiger partial charge in [0, 0.05) is 4.47 Å². The highest BCUT2D eigenvalue weighted by atomic mass is 79.9. The van der Waals surface area contributed by atoms with Gasteiger partial charge in [0.25, 0.3) is 0 Å². The third kappa shape index (κ3) is 2.82. The first-order valence-corrected chi connectivity index (χ1v) is 8.18. The molecule has 104 valence electrons. The maximum atomic E-state index is 3.61.